The molecule has 8 nitrogen and oxygen atoms in total. The maximum Gasteiger partial charge on any atom is 0.410 e. The molecule has 0 radical (unpaired) electrons. The first-order valence-electron chi connectivity index (χ1n) is 10.8. The predicted molar refractivity (Wildman–Crippen MR) is 116 cm³/mol. The highest BCUT2D eigenvalue weighted by Gasteiger charge is 2.27. The second kappa shape index (κ2) is 11.1. The average Bonchev–Trinajstić information content (AvgIpc) is 3.18. The number of hydrogen-bond acceptors (Lipinski definition) is 4. The molecule has 0 atom stereocenters. The Hall–Kier alpha value is -2.25. The number of nitrogens with zero attached hydrogens (tertiary/aromatic N) is 5. The number of rotatable bonds is 7. The van der Waals surface area contributed by atoms with Crippen molar-refractivity contribution in [3.63, 3.8) is 0 Å². The second-order valence-corrected chi connectivity index (χ2v) is 8.49. The molecule has 2 heterocycles. The Morgan fingerprint density at radius 1 is 1.31 bits per heavy atom. The normalized spacial score (nSPS) is 16.0. The van der Waals surface area contributed by atoms with Crippen molar-refractivity contribution in [3.8, 4) is 0 Å². The van der Waals surface area contributed by atoms with Crippen LogP contribution in [0, 0.1) is 5.92 Å². The Morgan fingerprint density at radius 3 is 2.59 bits per heavy atom. The van der Waals surface area contributed by atoms with E-state index in [1.54, 1.807) is 6.20 Å². The molecule has 0 unspecified atom stereocenters. The number of aromatic nitrogens is 2. The van der Waals surface area contributed by atoms with E-state index in [0.29, 0.717) is 12.5 Å². The lowest BCUT2D eigenvalue weighted by Gasteiger charge is -2.36. The SMILES string of the molecule is CCNC(=NCCn1ccnc1)N1CCC(CN(CC)C(=O)OC(C)(C)C)CC1. The predicted octanol–water partition coefficient (Wildman–Crippen LogP) is 2.82. The zero-order valence-corrected chi connectivity index (χ0v) is 18.7. The molecule has 0 aliphatic carbocycles. The topological polar surface area (TPSA) is 75.0 Å². The third-order valence-electron chi connectivity index (χ3n) is 4.94. The molecule has 1 fully saturated rings. The van der Waals surface area contributed by atoms with Gasteiger partial charge >= 0.3 is 6.09 Å². The van der Waals surface area contributed by atoms with Crippen molar-refractivity contribution in [2.24, 2.45) is 10.9 Å². The highest BCUT2D eigenvalue weighted by atomic mass is 16.6. The number of imidazole rings is 1. The van der Waals surface area contributed by atoms with Crippen LogP contribution >= 0.6 is 0 Å². The number of piperidine rings is 1. The molecule has 1 aromatic rings. The van der Waals surface area contributed by atoms with Crippen LogP contribution in [0.4, 0.5) is 4.79 Å². The van der Waals surface area contributed by atoms with Gasteiger partial charge in [0.1, 0.15) is 5.60 Å². The molecule has 1 aliphatic heterocycles. The Bertz CT molecular complexity index is 630. The summed E-state index contributed by atoms with van der Waals surface area (Å²) in [7, 11) is 0. The van der Waals surface area contributed by atoms with E-state index >= 15 is 0 Å². The van der Waals surface area contributed by atoms with Crippen molar-refractivity contribution in [1.82, 2.24) is 24.7 Å². The van der Waals surface area contributed by atoms with Gasteiger partial charge in [-0.05, 0) is 53.4 Å². The summed E-state index contributed by atoms with van der Waals surface area (Å²) in [5, 5.41) is 3.41. The molecule has 0 saturated carbocycles. The molecule has 0 aromatic carbocycles. The van der Waals surface area contributed by atoms with Crippen molar-refractivity contribution < 1.29 is 9.53 Å². The van der Waals surface area contributed by atoms with Crippen molar-refractivity contribution in [2.45, 2.75) is 59.6 Å². The summed E-state index contributed by atoms with van der Waals surface area (Å²) in [5.74, 6) is 1.47. The minimum Gasteiger partial charge on any atom is -0.444 e. The van der Waals surface area contributed by atoms with E-state index in [1.165, 1.54) is 0 Å². The van der Waals surface area contributed by atoms with Crippen LogP contribution in [0.5, 0.6) is 0 Å². The first-order valence-corrected chi connectivity index (χ1v) is 10.8. The lowest BCUT2D eigenvalue weighted by molar-refractivity contribution is 0.0214. The lowest BCUT2D eigenvalue weighted by Crippen LogP contribution is -2.48. The summed E-state index contributed by atoms with van der Waals surface area (Å²) in [6.45, 7) is 15.6. The number of amides is 1. The van der Waals surface area contributed by atoms with Crippen LogP contribution in [0.1, 0.15) is 47.5 Å². The molecular weight excluding hydrogens is 368 g/mol. The van der Waals surface area contributed by atoms with E-state index in [4.69, 9.17) is 9.73 Å². The fraction of sp³-hybridized carbons (Fsp3) is 0.762. The Labute approximate surface area is 175 Å². The summed E-state index contributed by atoms with van der Waals surface area (Å²) in [4.78, 5) is 25.4. The van der Waals surface area contributed by atoms with Gasteiger partial charge in [0.05, 0.1) is 12.9 Å². The number of carbonyl (C=O) groups is 1. The van der Waals surface area contributed by atoms with Gasteiger partial charge in [-0.3, -0.25) is 4.99 Å². The van der Waals surface area contributed by atoms with Crippen LogP contribution in [-0.4, -0.2) is 76.3 Å². The zero-order chi connectivity index (χ0) is 21.3. The molecule has 1 aromatic heterocycles. The van der Waals surface area contributed by atoms with Crippen molar-refractivity contribution in [3.05, 3.63) is 18.7 Å². The largest absolute Gasteiger partial charge is 0.444 e. The van der Waals surface area contributed by atoms with Gasteiger partial charge < -0.3 is 24.4 Å². The minimum atomic E-state index is -0.457. The van der Waals surface area contributed by atoms with Crippen LogP contribution < -0.4 is 5.32 Å². The maximum atomic E-state index is 12.4. The van der Waals surface area contributed by atoms with Gasteiger partial charge in [0.2, 0.25) is 0 Å². The number of likely N-dealkylation sites (tertiary alicyclic amines) is 1. The van der Waals surface area contributed by atoms with Crippen LogP contribution in [0.3, 0.4) is 0 Å². The monoisotopic (exact) mass is 406 g/mol. The fourth-order valence-corrected chi connectivity index (χ4v) is 3.41. The van der Waals surface area contributed by atoms with E-state index in [0.717, 1.165) is 58.1 Å². The zero-order valence-electron chi connectivity index (χ0n) is 18.7. The maximum absolute atomic E-state index is 12.4. The van der Waals surface area contributed by atoms with Gasteiger partial charge in [-0.1, -0.05) is 0 Å². The van der Waals surface area contributed by atoms with E-state index in [1.807, 2.05) is 49.7 Å². The number of guanidine groups is 1. The fourth-order valence-electron chi connectivity index (χ4n) is 3.41. The number of nitrogens with one attached hydrogen (secondary N) is 1. The van der Waals surface area contributed by atoms with Gasteiger partial charge in [-0.15, -0.1) is 0 Å². The highest BCUT2D eigenvalue weighted by Crippen LogP contribution is 2.20. The first kappa shape index (κ1) is 23.0. The molecule has 1 amide bonds. The molecule has 1 N–H and O–H groups in total. The van der Waals surface area contributed by atoms with E-state index in [9.17, 15) is 4.79 Å². The van der Waals surface area contributed by atoms with Crippen LogP contribution in [-0.2, 0) is 11.3 Å². The van der Waals surface area contributed by atoms with Crippen LogP contribution in [0.25, 0.3) is 0 Å². The van der Waals surface area contributed by atoms with Gasteiger partial charge in [-0.25, -0.2) is 9.78 Å². The van der Waals surface area contributed by atoms with E-state index in [-0.39, 0.29) is 6.09 Å². The summed E-state index contributed by atoms with van der Waals surface area (Å²) in [5.41, 5.74) is -0.457. The third kappa shape index (κ3) is 7.95. The lowest BCUT2D eigenvalue weighted by atomic mass is 9.96. The molecule has 8 heteroatoms. The van der Waals surface area contributed by atoms with Gasteiger partial charge in [0.15, 0.2) is 5.96 Å². The van der Waals surface area contributed by atoms with E-state index < -0.39 is 5.60 Å². The molecule has 2 rings (SSSR count). The molecule has 1 saturated heterocycles. The van der Waals surface area contributed by atoms with Crippen molar-refractivity contribution >= 4 is 12.1 Å². The van der Waals surface area contributed by atoms with E-state index in [2.05, 4.69) is 22.1 Å². The smallest absolute Gasteiger partial charge is 0.410 e. The first-order chi connectivity index (χ1) is 13.8. The summed E-state index contributed by atoms with van der Waals surface area (Å²) >= 11 is 0. The van der Waals surface area contributed by atoms with Crippen LogP contribution in [0.2, 0.25) is 0 Å². The highest BCUT2D eigenvalue weighted by molar-refractivity contribution is 5.80. The molecule has 164 valence electrons. The molecule has 1 aliphatic rings. The summed E-state index contributed by atoms with van der Waals surface area (Å²) in [6.07, 6.45) is 7.44. The summed E-state index contributed by atoms with van der Waals surface area (Å²) < 4.78 is 7.58. The standard InChI is InChI=1S/C21H38N6O2/c1-6-23-19(24-11-15-25-14-10-22-17-25)27-12-8-18(9-13-27)16-26(7-2)20(28)29-21(3,4)5/h10,14,17-18H,6-9,11-13,15-16H2,1-5H3,(H,23,24). The van der Waals surface area contributed by atoms with Gasteiger partial charge in [-0.2, -0.15) is 0 Å². The molecule has 0 bridgehead atoms. The molecule has 29 heavy (non-hydrogen) atoms. The number of carbonyl (C=O) groups excluding carboxylic acids is 1. The summed E-state index contributed by atoms with van der Waals surface area (Å²) in [6, 6.07) is 0. The Balaban J connectivity index is 1.84. The third-order valence-corrected chi connectivity index (χ3v) is 4.94. The molecule has 0 spiro atoms. The number of aliphatic imine (C=N–C) groups is 1. The average molecular weight is 407 g/mol. The van der Waals surface area contributed by atoms with Crippen LogP contribution in [0.15, 0.2) is 23.7 Å². The Morgan fingerprint density at radius 2 is 2.03 bits per heavy atom. The van der Waals surface area contributed by atoms with Gasteiger partial charge in [0.25, 0.3) is 0 Å². The van der Waals surface area contributed by atoms with Crippen molar-refractivity contribution in [2.75, 3.05) is 39.3 Å². The quantitative estimate of drug-likeness (QED) is 0.557. The Kier molecular flexibility index (Phi) is 8.79. The minimum absolute atomic E-state index is 0.211. The second-order valence-electron chi connectivity index (χ2n) is 8.49. The van der Waals surface area contributed by atoms with Crippen molar-refractivity contribution in [1.29, 1.82) is 0 Å². The van der Waals surface area contributed by atoms with Gasteiger partial charge in [0, 0.05) is 51.7 Å². The number of ether oxygens (including phenoxy) is 1. The number of hydrogen-bond donors (Lipinski definition) is 1. The molecular formula is C21H38N6O2.